The molecule has 2 aromatic heterocycles. The van der Waals surface area contributed by atoms with Crippen LogP contribution in [0.25, 0.3) is 11.2 Å². The number of ether oxygens (including phenoxy) is 1. The van der Waals surface area contributed by atoms with Gasteiger partial charge in [-0.05, 0) is 19.3 Å². The van der Waals surface area contributed by atoms with Crippen molar-refractivity contribution in [3.8, 4) is 0 Å². The Morgan fingerprint density at radius 1 is 1.00 bits per heavy atom. The van der Waals surface area contributed by atoms with E-state index in [4.69, 9.17) is 14.5 Å². The van der Waals surface area contributed by atoms with Crippen LogP contribution in [-0.4, -0.2) is 129 Å². The number of rotatable bonds is 19. The molecule has 3 rings (SSSR count). The summed E-state index contributed by atoms with van der Waals surface area (Å²) in [5.74, 6) is 0.348. The average Bonchev–Trinajstić information content (AvgIpc) is 3.54. The number of hydrogen-bond acceptors (Lipinski definition) is 15. The van der Waals surface area contributed by atoms with Crippen molar-refractivity contribution in [2.45, 2.75) is 50.2 Å². The van der Waals surface area contributed by atoms with Gasteiger partial charge in [-0.15, -0.1) is 0 Å². The molecule has 0 bridgehead atoms. The van der Waals surface area contributed by atoms with Crippen LogP contribution in [0.15, 0.2) is 12.7 Å². The summed E-state index contributed by atoms with van der Waals surface area (Å²) in [6, 6.07) is 0. The van der Waals surface area contributed by atoms with Crippen LogP contribution in [0.3, 0.4) is 0 Å². The second kappa shape index (κ2) is 17.5. The molecule has 22 nitrogen and oxygen atoms in total. The van der Waals surface area contributed by atoms with Crippen molar-refractivity contribution in [1.82, 2.24) is 29.7 Å². The Labute approximate surface area is 287 Å². The molecule has 7 N–H and O–H groups in total. The summed E-state index contributed by atoms with van der Waals surface area (Å²) >= 11 is 1.97. The Morgan fingerprint density at radius 2 is 1.69 bits per heavy atom. The van der Waals surface area contributed by atoms with Crippen LogP contribution < -0.4 is 10.2 Å². The minimum atomic E-state index is -5.75. The number of aliphatic hydroxyl groups is 2. The molecule has 272 valence electrons. The molecule has 6 atom stereocenters. The lowest BCUT2D eigenvalue weighted by Gasteiger charge is -2.21. The standard InChI is InChI=1S/C22H37IN7O15P3/c1-28(16(32)6-5-7-24-15(31)10-23)8-3-4-9-29(2)20-17-21(26-12-25-20)30(13-27-17)22-19(34)18(33)14(43-22)11-42-47(38,39)45-48(40,41)44-46(35,36)37/h12-14,18-19,22,33-34H,3-11H2,1-2H3,(H,24,31)(H,38,39)(H,40,41)(H2,35,36,37). The van der Waals surface area contributed by atoms with Gasteiger partial charge >= 0.3 is 23.5 Å². The van der Waals surface area contributed by atoms with Gasteiger partial charge in [-0.25, -0.2) is 28.6 Å². The molecule has 1 fully saturated rings. The summed E-state index contributed by atoms with van der Waals surface area (Å²) in [5, 5.41) is 23.9. The van der Waals surface area contributed by atoms with E-state index in [0.717, 1.165) is 0 Å². The lowest BCUT2D eigenvalue weighted by molar-refractivity contribution is -0.130. The fraction of sp³-hybridized carbons (Fsp3) is 0.682. The molecule has 0 aromatic carbocycles. The number of alkyl halides is 1. The largest absolute Gasteiger partial charge is 0.490 e. The number of nitrogens with zero attached hydrogens (tertiary/aromatic N) is 6. The van der Waals surface area contributed by atoms with Gasteiger partial charge < -0.3 is 49.6 Å². The first-order valence-electron chi connectivity index (χ1n) is 14.1. The summed E-state index contributed by atoms with van der Waals surface area (Å²) in [4.78, 5) is 76.2. The minimum Gasteiger partial charge on any atom is -0.387 e. The Bertz CT molecular complexity index is 1560. The molecule has 2 aromatic rings. The first-order valence-corrected chi connectivity index (χ1v) is 20.1. The number of phosphoric ester groups is 1. The summed E-state index contributed by atoms with van der Waals surface area (Å²) in [7, 11) is -13.3. The van der Waals surface area contributed by atoms with E-state index in [1.165, 1.54) is 17.2 Å². The third-order valence-electron chi connectivity index (χ3n) is 6.80. The molecule has 3 heterocycles. The normalized spacial score (nSPS) is 22.3. The quantitative estimate of drug-likeness (QED) is 0.0416. The van der Waals surface area contributed by atoms with Crippen LogP contribution in [-0.2, 0) is 41.2 Å². The van der Waals surface area contributed by atoms with E-state index in [-0.39, 0.29) is 17.5 Å². The lowest BCUT2D eigenvalue weighted by Crippen LogP contribution is -2.33. The number of aromatic nitrogens is 4. The van der Waals surface area contributed by atoms with Gasteiger partial charge in [-0.1, -0.05) is 22.6 Å². The first kappa shape index (κ1) is 40.7. The average molecular weight is 859 g/mol. The van der Waals surface area contributed by atoms with Gasteiger partial charge in [-0.3, -0.25) is 18.7 Å². The SMILES string of the molecule is CN(CCCCN(C)c1ncnc2c1ncn2C1OC(COP(=O)(O)OP(=O)(O)OP(=O)(O)O)C(O)C1O)C(=O)CCCNC(=O)CI. The van der Waals surface area contributed by atoms with E-state index in [1.807, 2.05) is 27.5 Å². The number of aliphatic hydroxyl groups excluding tert-OH is 2. The van der Waals surface area contributed by atoms with Crippen molar-refractivity contribution in [3.63, 3.8) is 0 Å². The van der Waals surface area contributed by atoms with Crippen molar-refractivity contribution in [1.29, 1.82) is 0 Å². The highest BCUT2D eigenvalue weighted by atomic mass is 127. The molecule has 1 aliphatic heterocycles. The molecule has 0 spiro atoms. The van der Waals surface area contributed by atoms with Crippen LogP contribution in [0.4, 0.5) is 5.82 Å². The molecule has 0 radical (unpaired) electrons. The van der Waals surface area contributed by atoms with Gasteiger partial charge in [0.1, 0.15) is 24.6 Å². The monoisotopic (exact) mass is 859 g/mol. The Balaban J connectivity index is 1.55. The maximum atomic E-state index is 12.3. The van der Waals surface area contributed by atoms with Crippen LogP contribution >= 0.6 is 46.1 Å². The fourth-order valence-corrected chi connectivity index (χ4v) is 7.81. The first-order chi connectivity index (χ1) is 22.3. The van der Waals surface area contributed by atoms with E-state index >= 15 is 0 Å². The predicted molar refractivity (Wildman–Crippen MR) is 172 cm³/mol. The zero-order chi connectivity index (χ0) is 35.9. The van der Waals surface area contributed by atoms with E-state index in [1.54, 1.807) is 19.0 Å². The number of phosphoric acid groups is 3. The Kier molecular flexibility index (Phi) is 14.8. The molecule has 0 aliphatic carbocycles. The molecule has 48 heavy (non-hydrogen) atoms. The van der Waals surface area contributed by atoms with E-state index in [9.17, 15) is 43.3 Å². The van der Waals surface area contributed by atoms with Gasteiger partial charge in [0.15, 0.2) is 23.2 Å². The Hall–Kier alpha value is -1.69. The number of carbonyl (C=O) groups excluding carboxylic acids is 2. The van der Waals surface area contributed by atoms with Crippen molar-refractivity contribution in [3.05, 3.63) is 12.7 Å². The molecule has 0 saturated carbocycles. The van der Waals surface area contributed by atoms with E-state index < -0.39 is 54.6 Å². The summed E-state index contributed by atoms with van der Waals surface area (Å²) in [6.07, 6.45) is -1.38. The van der Waals surface area contributed by atoms with Gasteiger partial charge in [0, 0.05) is 40.2 Å². The number of unbranched alkanes of at least 4 members (excludes halogenated alkanes) is 1. The number of hydrogen-bond donors (Lipinski definition) is 7. The van der Waals surface area contributed by atoms with Crippen LogP contribution in [0.2, 0.25) is 0 Å². The number of anilines is 1. The zero-order valence-corrected chi connectivity index (χ0v) is 30.4. The highest BCUT2D eigenvalue weighted by molar-refractivity contribution is 14.1. The van der Waals surface area contributed by atoms with Gasteiger partial charge in [-0.2, -0.15) is 8.62 Å². The molecule has 1 aliphatic rings. The molecular weight excluding hydrogens is 822 g/mol. The number of fused-ring (bicyclic) bond motifs is 1. The van der Waals surface area contributed by atoms with E-state index in [2.05, 4.69) is 33.4 Å². The predicted octanol–water partition coefficient (Wildman–Crippen LogP) is -0.205. The highest BCUT2D eigenvalue weighted by Crippen LogP contribution is 2.66. The molecule has 1 saturated heterocycles. The van der Waals surface area contributed by atoms with Gasteiger partial charge in [0.25, 0.3) is 0 Å². The van der Waals surface area contributed by atoms with Gasteiger partial charge in [0.05, 0.1) is 17.4 Å². The summed E-state index contributed by atoms with van der Waals surface area (Å²) in [6.45, 7) is 0.527. The second-order valence-corrected chi connectivity index (χ2v) is 15.7. The maximum Gasteiger partial charge on any atom is 0.490 e. The van der Waals surface area contributed by atoms with Crippen molar-refractivity contribution in [2.24, 2.45) is 0 Å². The summed E-state index contributed by atoms with van der Waals surface area (Å²) < 4.78 is 53.5. The maximum absolute atomic E-state index is 12.3. The Morgan fingerprint density at radius 3 is 2.35 bits per heavy atom. The number of nitrogens with one attached hydrogen (secondary N) is 1. The van der Waals surface area contributed by atoms with E-state index in [0.29, 0.717) is 61.1 Å². The fourth-order valence-electron chi connectivity index (χ4n) is 4.51. The highest BCUT2D eigenvalue weighted by Gasteiger charge is 2.47. The minimum absolute atomic E-state index is 0.0205. The molecule has 6 unspecified atom stereocenters. The lowest BCUT2D eigenvalue weighted by atomic mass is 10.1. The smallest absolute Gasteiger partial charge is 0.387 e. The molecule has 2 amide bonds. The number of halogens is 1. The van der Waals surface area contributed by atoms with Crippen LogP contribution in [0, 0.1) is 0 Å². The van der Waals surface area contributed by atoms with Crippen molar-refractivity contribution >= 4 is 74.9 Å². The van der Waals surface area contributed by atoms with Gasteiger partial charge in [0.2, 0.25) is 11.8 Å². The number of amides is 2. The van der Waals surface area contributed by atoms with Crippen LogP contribution in [0.1, 0.15) is 31.9 Å². The van der Waals surface area contributed by atoms with Crippen molar-refractivity contribution in [2.75, 3.05) is 49.7 Å². The zero-order valence-electron chi connectivity index (χ0n) is 25.6. The third kappa shape index (κ3) is 12.0. The summed E-state index contributed by atoms with van der Waals surface area (Å²) in [5.41, 5.74) is 0.528. The molecule has 26 heteroatoms. The topological polar surface area (TPSA) is 306 Å². The molecular formula is C22H37IN7O15P3. The number of carbonyl (C=O) groups is 2. The van der Waals surface area contributed by atoms with Crippen molar-refractivity contribution < 1.29 is 71.0 Å². The number of imidazole rings is 1. The third-order valence-corrected chi connectivity index (χ3v) is 11.3. The van der Waals surface area contributed by atoms with Crippen LogP contribution in [0.5, 0.6) is 0 Å². The second-order valence-electron chi connectivity index (χ2n) is 10.5.